The number of hydrogen-bond donors (Lipinski definition) is 1. The molecule has 20 heavy (non-hydrogen) atoms. The Morgan fingerprint density at radius 2 is 1.75 bits per heavy atom. The molecule has 6 nitrogen and oxygen atoms in total. The fourth-order valence-corrected chi connectivity index (χ4v) is 2.36. The van der Waals surface area contributed by atoms with Crippen LogP contribution in [0.2, 0.25) is 0 Å². The number of carbonyl (C=O) groups is 1. The lowest BCUT2D eigenvalue weighted by atomic mass is 10.2. The SMILES string of the molecule is COc1ccc(S(=O)(=O)CNC(=O)OC(C)(C)C)cc1. The Morgan fingerprint density at radius 3 is 2.20 bits per heavy atom. The van der Waals surface area contributed by atoms with Crippen LogP contribution in [0.1, 0.15) is 20.8 Å². The van der Waals surface area contributed by atoms with Crippen molar-refractivity contribution in [1.82, 2.24) is 5.32 Å². The molecule has 0 aliphatic carbocycles. The van der Waals surface area contributed by atoms with Gasteiger partial charge in [0.05, 0.1) is 12.0 Å². The molecule has 0 atom stereocenters. The first-order valence-corrected chi connectivity index (χ1v) is 7.63. The van der Waals surface area contributed by atoms with E-state index in [1.807, 2.05) is 0 Å². The van der Waals surface area contributed by atoms with Gasteiger partial charge < -0.3 is 14.8 Å². The first kappa shape index (κ1) is 16.3. The summed E-state index contributed by atoms with van der Waals surface area (Å²) < 4.78 is 33.9. The normalized spacial score (nSPS) is 11.8. The van der Waals surface area contributed by atoms with Gasteiger partial charge in [-0.2, -0.15) is 0 Å². The molecule has 1 amide bonds. The zero-order chi connectivity index (χ0) is 15.4. The van der Waals surface area contributed by atoms with Crippen molar-refractivity contribution < 1.29 is 22.7 Å². The second-order valence-corrected chi connectivity index (χ2v) is 7.10. The fraction of sp³-hybridized carbons (Fsp3) is 0.462. The highest BCUT2D eigenvalue weighted by atomic mass is 32.2. The molecule has 1 rings (SSSR count). The van der Waals surface area contributed by atoms with Gasteiger partial charge in [0.15, 0.2) is 9.84 Å². The lowest BCUT2D eigenvalue weighted by Crippen LogP contribution is -2.35. The van der Waals surface area contributed by atoms with Crippen LogP contribution in [0.25, 0.3) is 0 Å². The van der Waals surface area contributed by atoms with Crippen molar-refractivity contribution in [3.63, 3.8) is 0 Å². The summed E-state index contributed by atoms with van der Waals surface area (Å²) in [6.07, 6.45) is -0.769. The van der Waals surface area contributed by atoms with E-state index < -0.39 is 27.4 Å². The summed E-state index contributed by atoms with van der Waals surface area (Å²) in [5.41, 5.74) is -0.673. The number of ether oxygens (including phenoxy) is 2. The predicted octanol–water partition coefficient (Wildman–Crippen LogP) is 1.95. The second kappa shape index (κ2) is 6.13. The standard InChI is InChI=1S/C13H19NO5S/c1-13(2,3)19-12(15)14-9-20(16,17)11-7-5-10(18-4)6-8-11/h5-8H,9H2,1-4H3,(H,14,15). The van der Waals surface area contributed by atoms with Crippen LogP contribution >= 0.6 is 0 Å². The summed E-state index contributed by atoms with van der Waals surface area (Å²) >= 11 is 0. The van der Waals surface area contributed by atoms with Crippen LogP contribution in [0, 0.1) is 0 Å². The molecule has 0 unspecified atom stereocenters. The van der Waals surface area contributed by atoms with E-state index in [9.17, 15) is 13.2 Å². The number of carbonyl (C=O) groups excluding carboxylic acids is 1. The van der Waals surface area contributed by atoms with E-state index in [2.05, 4.69) is 5.32 Å². The maximum absolute atomic E-state index is 12.0. The zero-order valence-electron chi connectivity index (χ0n) is 12.0. The van der Waals surface area contributed by atoms with Crippen molar-refractivity contribution in [3.05, 3.63) is 24.3 Å². The van der Waals surface area contributed by atoms with Gasteiger partial charge in [0.25, 0.3) is 0 Å². The molecule has 7 heteroatoms. The van der Waals surface area contributed by atoms with Crippen molar-refractivity contribution in [1.29, 1.82) is 0 Å². The lowest BCUT2D eigenvalue weighted by Gasteiger charge is -2.19. The highest BCUT2D eigenvalue weighted by Crippen LogP contribution is 2.16. The van der Waals surface area contributed by atoms with Crippen LogP contribution < -0.4 is 10.1 Å². The summed E-state index contributed by atoms with van der Waals surface area (Å²) in [5.74, 6) is 0.0397. The lowest BCUT2D eigenvalue weighted by molar-refractivity contribution is 0.0537. The Hall–Kier alpha value is -1.76. The largest absolute Gasteiger partial charge is 0.497 e. The van der Waals surface area contributed by atoms with E-state index in [-0.39, 0.29) is 4.90 Å². The number of benzene rings is 1. The van der Waals surface area contributed by atoms with Crippen LogP contribution in [0.5, 0.6) is 5.75 Å². The molecular formula is C13H19NO5S. The molecule has 0 saturated heterocycles. The number of nitrogens with one attached hydrogen (secondary N) is 1. The third kappa shape index (κ3) is 5.08. The molecule has 0 aliphatic rings. The Morgan fingerprint density at radius 1 is 1.20 bits per heavy atom. The van der Waals surface area contributed by atoms with Crippen LogP contribution in [-0.4, -0.2) is 33.1 Å². The van der Waals surface area contributed by atoms with Crippen molar-refractivity contribution in [2.45, 2.75) is 31.3 Å². The third-order valence-corrected chi connectivity index (χ3v) is 3.74. The monoisotopic (exact) mass is 301 g/mol. The van der Waals surface area contributed by atoms with E-state index in [1.54, 1.807) is 32.9 Å². The molecule has 1 aromatic rings. The summed E-state index contributed by atoms with van der Waals surface area (Å²) in [6, 6.07) is 5.93. The minimum absolute atomic E-state index is 0.106. The van der Waals surface area contributed by atoms with Crippen LogP contribution in [0.4, 0.5) is 4.79 Å². The highest BCUT2D eigenvalue weighted by Gasteiger charge is 2.19. The van der Waals surface area contributed by atoms with Crippen LogP contribution in [-0.2, 0) is 14.6 Å². The number of amides is 1. The van der Waals surface area contributed by atoms with Gasteiger partial charge in [-0.05, 0) is 45.0 Å². The molecule has 112 valence electrons. The van der Waals surface area contributed by atoms with Crippen molar-refractivity contribution >= 4 is 15.9 Å². The van der Waals surface area contributed by atoms with Gasteiger partial charge in [-0.3, -0.25) is 0 Å². The van der Waals surface area contributed by atoms with Gasteiger partial charge in [0.2, 0.25) is 0 Å². The van der Waals surface area contributed by atoms with Crippen LogP contribution in [0.15, 0.2) is 29.2 Å². The van der Waals surface area contributed by atoms with Gasteiger partial charge >= 0.3 is 6.09 Å². The van der Waals surface area contributed by atoms with Gasteiger partial charge in [0.1, 0.15) is 17.2 Å². The summed E-state index contributed by atoms with van der Waals surface area (Å²) in [5, 5.41) is 2.23. The number of sulfone groups is 1. The Balaban J connectivity index is 2.68. The minimum atomic E-state index is -3.60. The number of hydrogen-bond acceptors (Lipinski definition) is 5. The minimum Gasteiger partial charge on any atom is -0.497 e. The van der Waals surface area contributed by atoms with Crippen molar-refractivity contribution in [2.75, 3.05) is 13.0 Å². The van der Waals surface area contributed by atoms with E-state index in [1.165, 1.54) is 19.2 Å². The molecule has 0 saturated carbocycles. The third-order valence-electron chi connectivity index (χ3n) is 2.22. The molecule has 0 heterocycles. The number of rotatable bonds is 4. The van der Waals surface area contributed by atoms with E-state index in [0.29, 0.717) is 5.75 Å². The molecule has 0 spiro atoms. The molecule has 0 aromatic heterocycles. The van der Waals surface area contributed by atoms with Crippen molar-refractivity contribution in [3.8, 4) is 5.75 Å². The summed E-state index contributed by atoms with van der Waals surface area (Å²) in [7, 11) is -2.11. The fourth-order valence-electron chi connectivity index (χ4n) is 1.33. The summed E-state index contributed by atoms with van der Waals surface area (Å²) in [4.78, 5) is 11.5. The van der Waals surface area contributed by atoms with Crippen molar-refractivity contribution in [2.24, 2.45) is 0 Å². The maximum atomic E-state index is 12.0. The number of alkyl carbamates (subject to hydrolysis) is 1. The second-order valence-electron chi connectivity index (χ2n) is 5.11. The molecule has 1 N–H and O–H groups in total. The molecule has 0 radical (unpaired) electrons. The maximum Gasteiger partial charge on any atom is 0.408 e. The first-order chi connectivity index (χ1) is 9.14. The Bertz CT molecular complexity index is 557. The molecule has 0 aliphatic heterocycles. The number of methoxy groups -OCH3 is 1. The topological polar surface area (TPSA) is 81.7 Å². The Kier molecular flexibility index (Phi) is 4.99. The van der Waals surface area contributed by atoms with E-state index >= 15 is 0 Å². The smallest absolute Gasteiger partial charge is 0.408 e. The zero-order valence-corrected chi connectivity index (χ0v) is 12.8. The molecule has 1 aromatic carbocycles. The Labute approximate surface area is 119 Å². The van der Waals surface area contributed by atoms with Gasteiger partial charge in [-0.1, -0.05) is 0 Å². The van der Waals surface area contributed by atoms with Gasteiger partial charge in [-0.25, -0.2) is 13.2 Å². The van der Waals surface area contributed by atoms with Crippen LogP contribution in [0.3, 0.4) is 0 Å². The molecule has 0 bridgehead atoms. The first-order valence-electron chi connectivity index (χ1n) is 5.98. The predicted molar refractivity (Wildman–Crippen MR) is 74.4 cm³/mol. The summed E-state index contributed by atoms with van der Waals surface area (Å²) in [6.45, 7) is 5.10. The average Bonchev–Trinajstić information content (AvgIpc) is 2.35. The quantitative estimate of drug-likeness (QED) is 0.919. The van der Waals surface area contributed by atoms with Gasteiger partial charge in [-0.15, -0.1) is 0 Å². The molecule has 0 fully saturated rings. The molecular weight excluding hydrogens is 282 g/mol. The van der Waals surface area contributed by atoms with E-state index in [4.69, 9.17) is 9.47 Å². The average molecular weight is 301 g/mol. The van der Waals surface area contributed by atoms with E-state index in [0.717, 1.165) is 0 Å². The van der Waals surface area contributed by atoms with Gasteiger partial charge in [0, 0.05) is 0 Å². The highest BCUT2D eigenvalue weighted by molar-refractivity contribution is 7.91.